The SMILES string of the molecule is O=C1/C(=C/c2ccc([O-])c([N+](=O)[O-])c2)SC(=S)N1Cc1ccccc1. The number of hydrogen-bond acceptors (Lipinski definition) is 6. The van der Waals surface area contributed by atoms with Crippen molar-refractivity contribution >= 4 is 46.0 Å². The number of hydrogen-bond donors (Lipinski definition) is 0. The quantitative estimate of drug-likeness (QED) is 0.355. The number of nitrogens with zero attached hydrogens (tertiary/aromatic N) is 2. The number of thioether (sulfide) groups is 1. The van der Waals surface area contributed by atoms with Gasteiger partial charge < -0.3 is 5.11 Å². The first-order valence-electron chi connectivity index (χ1n) is 7.20. The Morgan fingerprint density at radius 3 is 2.60 bits per heavy atom. The molecule has 1 fully saturated rings. The van der Waals surface area contributed by atoms with E-state index in [-0.39, 0.29) is 5.91 Å². The Kier molecular flexibility index (Phi) is 4.82. The lowest BCUT2D eigenvalue weighted by Gasteiger charge is -2.14. The van der Waals surface area contributed by atoms with E-state index in [1.54, 1.807) is 0 Å². The Hall–Kier alpha value is -2.71. The molecule has 0 saturated carbocycles. The van der Waals surface area contributed by atoms with Crippen molar-refractivity contribution < 1.29 is 14.8 Å². The highest BCUT2D eigenvalue weighted by Gasteiger charge is 2.32. The largest absolute Gasteiger partial charge is 0.868 e. The molecule has 2 aromatic carbocycles. The van der Waals surface area contributed by atoms with E-state index in [0.717, 1.165) is 29.5 Å². The van der Waals surface area contributed by atoms with Crippen LogP contribution in [0.15, 0.2) is 53.4 Å². The maximum atomic E-state index is 12.6. The molecule has 1 saturated heterocycles. The fraction of sp³-hybridized carbons (Fsp3) is 0.0588. The van der Waals surface area contributed by atoms with Gasteiger partial charge in [-0.15, -0.1) is 0 Å². The third kappa shape index (κ3) is 3.70. The Bertz CT molecular complexity index is 897. The van der Waals surface area contributed by atoms with Crippen molar-refractivity contribution in [3.63, 3.8) is 0 Å². The van der Waals surface area contributed by atoms with Crippen LogP contribution in [0.3, 0.4) is 0 Å². The molecule has 8 heteroatoms. The van der Waals surface area contributed by atoms with Gasteiger partial charge in [-0.25, -0.2) is 0 Å². The van der Waals surface area contributed by atoms with E-state index in [0.29, 0.717) is 21.3 Å². The van der Waals surface area contributed by atoms with Crippen LogP contribution in [0.4, 0.5) is 5.69 Å². The molecule has 0 aliphatic carbocycles. The minimum Gasteiger partial charge on any atom is -0.868 e. The van der Waals surface area contributed by atoms with Gasteiger partial charge in [0.1, 0.15) is 4.32 Å². The average Bonchev–Trinajstić information content (AvgIpc) is 2.85. The number of benzene rings is 2. The second-order valence-corrected chi connectivity index (χ2v) is 6.91. The van der Waals surface area contributed by atoms with Gasteiger partial charge in [-0.05, 0) is 23.0 Å². The second-order valence-electron chi connectivity index (χ2n) is 5.24. The zero-order chi connectivity index (χ0) is 18.0. The fourth-order valence-electron chi connectivity index (χ4n) is 2.32. The second kappa shape index (κ2) is 7.04. The van der Waals surface area contributed by atoms with Gasteiger partial charge in [0.05, 0.1) is 16.4 Å². The van der Waals surface area contributed by atoms with Crippen LogP contribution >= 0.6 is 24.0 Å². The monoisotopic (exact) mass is 371 g/mol. The number of thiocarbonyl (C=S) groups is 1. The van der Waals surface area contributed by atoms with E-state index in [9.17, 15) is 20.0 Å². The molecule has 0 radical (unpaired) electrons. The highest BCUT2D eigenvalue weighted by Crippen LogP contribution is 2.34. The first kappa shape index (κ1) is 17.1. The summed E-state index contributed by atoms with van der Waals surface area (Å²) in [4.78, 5) is 24.5. The minimum atomic E-state index is -0.736. The lowest BCUT2D eigenvalue weighted by atomic mass is 10.1. The molecule has 0 bridgehead atoms. The number of amides is 1. The van der Waals surface area contributed by atoms with E-state index in [2.05, 4.69) is 0 Å². The summed E-state index contributed by atoms with van der Waals surface area (Å²) in [6.45, 7) is 0.364. The van der Waals surface area contributed by atoms with E-state index < -0.39 is 16.4 Å². The lowest BCUT2D eigenvalue weighted by molar-refractivity contribution is -0.398. The molecule has 1 amide bonds. The summed E-state index contributed by atoms with van der Waals surface area (Å²) in [5.74, 6) is -0.925. The Morgan fingerprint density at radius 1 is 1.20 bits per heavy atom. The average molecular weight is 371 g/mol. The molecule has 1 aliphatic rings. The summed E-state index contributed by atoms with van der Waals surface area (Å²) >= 11 is 6.40. The topological polar surface area (TPSA) is 86.5 Å². The number of carbonyl (C=O) groups is 1. The summed E-state index contributed by atoms with van der Waals surface area (Å²) in [6, 6.07) is 13.2. The lowest BCUT2D eigenvalue weighted by Crippen LogP contribution is -2.27. The van der Waals surface area contributed by atoms with Crippen LogP contribution < -0.4 is 5.11 Å². The van der Waals surface area contributed by atoms with Crippen LogP contribution in [-0.4, -0.2) is 20.1 Å². The van der Waals surface area contributed by atoms with Gasteiger partial charge in [0.2, 0.25) is 0 Å². The summed E-state index contributed by atoms with van der Waals surface area (Å²) in [5.41, 5.74) is 0.839. The van der Waals surface area contributed by atoms with Gasteiger partial charge in [0.15, 0.2) is 0 Å². The molecule has 1 aliphatic heterocycles. The summed E-state index contributed by atoms with van der Waals surface area (Å²) in [6.07, 6.45) is 1.51. The summed E-state index contributed by atoms with van der Waals surface area (Å²) in [5, 5.41) is 22.3. The number of nitro benzene ring substituents is 1. The van der Waals surface area contributed by atoms with Crippen LogP contribution in [0.1, 0.15) is 11.1 Å². The Morgan fingerprint density at radius 2 is 1.92 bits per heavy atom. The van der Waals surface area contributed by atoms with Crippen LogP contribution in [-0.2, 0) is 11.3 Å². The minimum absolute atomic E-state index is 0.257. The molecule has 0 N–H and O–H groups in total. The third-order valence-corrected chi connectivity index (χ3v) is 4.91. The molecule has 0 spiro atoms. The fourth-order valence-corrected chi connectivity index (χ4v) is 3.58. The van der Waals surface area contributed by atoms with E-state index in [1.165, 1.54) is 17.0 Å². The maximum Gasteiger partial charge on any atom is 0.266 e. The normalized spacial score (nSPS) is 15.8. The standard InChI is InChI=1S/C17H12N2O4S2/c20-14-7-6-12(8-13(14)19(22)23)9-15-16(21)18(17(24)25-15)10-11-4-2-1-3-5-11/h1-9,20H,10H2/p-1/b15-9-. The predicted octanol–water partition coefficient (Wildman–Crippen LogP) is 3.07. The molecule has 0 atom stereocenters. The van der Waals surface area contributed by atoms with Crippen molar-refractivity contribution in [1.82, 2.24) is 4.90 Å². The highest BCUT2D eigenvalue weighted by atomic mass is 32.2. The van der Waals surface area contributed by atoms with E-state index in [1.807, 2.05) is 30.3 Å². The van der Waals surface area contributed by atoms with Gasteiger partial charge in [-0.2, -0.15) is 0 Å². The molecular weight excluding hydrogens is 360 g/mol. The first-order chi connectivity index (χ1) is 12.0. The maximum absolute atomic E-state index is 12.6. The van der Waals surface area contributed by atoms with Crippen LogP contribution in [0.25, 0.3) is 6.08 Å². The molecule has 0 unspecified atom stereocenters. The molecule has 6 nitrogen and oxygen atoms in total. The van der Waals surface area contributed by atoms with Gasteiger partial charge in [-0.1, -0.05) is 66.4 Å². The van der Waals surface area contributed by atoms with Crippen molar-refractivity contribution in [2.45, 2.75) is 6.54 Å². The predicted molar refractivity (Wildman–Crippen MR) is 97.7 cm³/mol. The van der Waals surface area contributed by atoms with Gasteiger partial charge in [0, 0.05) is 6.07 Å². The Labute approximate surface area is 152 Å². The summed E-state index contributed by atoms with van der Waals surface area (Å²) < 4.78 is 0.426. The molecule has 25 heavy (non-hydrogen) atoms. The smallest absolute Gasteiger partial charge is 0.266 e. The molecular formula is C17H11N2O4S2-. The number of rotatable bonds is 4. The van der Waals surface area contributed by atoms with Crippen molar-refractivity contribution in [1.29, 1.82) is 0 Å². The molecule has 1 heterocycles. The van der Waals surface area contributed by atoms with Crippen LogP contribution in [0, 0.1) is 10.1 Å². The molecule has 126 valence electrons. The van der Waals surface area contributed by atoms with Crippen LogP contribution in [0.2, 0.25) is 0 Å². The van der Waals surface area contributed by atoms with Gasteiger partial charge >= 0.3 is 0 Å². The molecule has 0 aromatic heterocycles. The molecule has 3 rings (SSSR count). The van der Waals surface area contributed by atoms with Crippen molar-refractivity contribution in [3.05, 3.63) is 74.7 Å². The Balaban J connectivity index is 1.85. The van der Waals surface area contributed by atoms with Crippen LogP contribution in [0.5, 0.6) is 5.75 Å². The third-order valence-electron chi connectivity index (χ3n) is 3.53. The first-order valence-corrected chi connectivity index (χ1v) is 8.43. The zero-order valence-corrected chi connectivity index (χ0v) is 14.4. The zero-order valence-electron chi connectivity index (χ0n) is 12.7. The number of carbonyl (C=O) groups excluding carboxylic acids is 1. The van der Waals surface area contributed by atoms with E-state index in [4.69, 9.17) is 12.2 Å². The van der Waals surface area contributed by atoms with Crippen molar-refractivity contribution in [3.8, 4) is 5.75 Å². The van der Waals surface area contributed by atoms with E-state index >= 15 is 0 Å². The van der Waals surface area contributed by atoms with Gasteiger partial charge in [-0.3, -0.25) is 19.8 Å². The van der Waals surface area contributed by atoms with Crippen molar-refractivity contribution in [2.75, 3.05) is 0 Å². The van der Waals surface area contributed by atoms with Crippen molar-refractivity contribution in [2.24, 2.45) is 0 Å². The number of nitro groups is 1. The van der Waals surface area contributed by atoms with Gasteiger partial charge in [0.25, 0.3) is 11.6 Å². The molecule has 2 aromatic rings. The highest BCUT2D eigenvalue weighted by molar-refractivity contribution is 8.26. The summed E-state index contributed by atoms with van der Waals surface area (Å²) in [7, 11) is 0.